The zero-order chi connectivity index (χ0) is 14.4. The lowest BCUT2D eigenvalue weighted by molar-refractivity contribution is 0.0773. The Hall–Kier alpha value is -2.36. The van der Waals surface area contributed by atoms with Crippen LogP contribution in [0.25, 0.3) is 0 Å². The third-order valence-corrected chi connectivity index (χ3v) is 2.94. The van der Waals surface area contributed by atoms with Crippen molar-refractivity contribution in [3.63, 3.8) is 0 Å². The number of hydrogen-bond acceptors (Lipinski definition) is 3. The standard InChI is InChI=1S/C16H18N2O2/c1-13-5-3-7-15(11-13)20-10-9-18(2)16(19)14-6-4-8-17-12-14/h3-8,11-12H,9-10H2,1-2H3. The molecule has 0 bridgehead atoms. The third kappa shape index (κ3) is 3.82. The molecule has 0 N–H and O–H groups in total. The van der Waals surface area contributed by atoms with Gasteiger partial charge in [-0.15, -0.1) is 0 Å². The monoisotopic (exact) mass is 270 g/mol. The average molecular weight is 270 g/mol. The summed E-state index contributed by atoms with van der Waals surface area (Å²) < 4.78 is 5.63. The number of ether oxygens (including phenoxy) is 1. The maximum atomic E-state index is 12.1. The number of carbonyl (C=O) groups is 1. The van der Waals surface area contributed by atoms with E-state index >= 15 is 0 Å². The van der Waals surface area contributed by atoms with Gasteiger partial charge in [-0.1, -0.05) is 12.1 Å². The third-order valence-electron chi connectivity index (χ3n) is 2.94. The first-order valence-electron chi connectivity index (χ1n) is 6.52. The molecule has 0 unspecified atom stereocenters. The number of aromatic nitrogens is 1. The van der Waals surface area contributed by atoms with Crippen LogP contribution in [0.2, 0.25) is 0 Å². The highest BCUT2D eigenvalue weighted by Gasteiger charge is 2.11. The van der Waals surface area contributed by atoms with Gasteiger partial charge < -0.3 is 9.64 Å². The number of rotatable bonds is 5. The largest absolute Gasteiger partial charge is 0.492 e. The van der Waals surface area contributed by atoms with Crippen molar-refractivity contribution in [3.05, 3.63) is 59.9 Å². The Morgan fingerprint density at radius 1 is 1.30 bits per heavy atom. The van der Waals surface area contributed by atoms with E-state index in [0.717, 1.165) is 11.3 Å². The minimum absolute atomic E-state index is 0.0501. The molecule has 2 aromatic rings. The van der Waals surface area contributed by atoms with E-state index in [9.17, 15) is 4.79 Å². The van der Waals surface area contributed by atoms with E-state index in [1.807, 2.05) is 31.2 Å². The fourth-order valence-electron chi connectivity index (χ4n) is 1.82. The number of pyridine rings is 1. The number of nitrogens with zero attached hydrogens (tertiary/aromatic N) is 2. The minimum Gasteiger partial charge on any atom is -0.492 e. The zero-order valence-electron chi connectivity index (χ0n) is 11.7. The Morgan fingerprint density at radius 2 is 2.15 bits per heavy atom. The van der Waals surface area contributed by atoms with Crippen molar-refractivity contribution in [1.29, 1.82) is 0 Å². The smallest absolute Gasteiger partial charge is 0.255 e. The van der Waals surface area contributed by atoms with Crippen LogP contribution < -0.4 is 4.74 Å². The van der Waals surface area contributed by atoms with Crippen molar-refractivity contribution in [2.75, 3.05) is 20.2 Å². The number of amides is 1. The zero-order valence-corrected chi connectivity index (χ0v) is 11.7. The summed E-state index contributed by atoms with van der Waals surface area (Å²) in [6.45, 7) is 3.01. The van der Waals surface area contributed by atoms with E-state index in [1.165, 1.54) is 0 Å². The molecule has 104 valence electrons. The normalized spacial score (nSPS) is 10.1. The van der Waals surface area contributed by atoms with Gasteiger partial charge >= 0.3 is 0 Å². The molecule has 0 aliphatic heterocycles. The van der Waals surface area contributed by atoms with Crippen LogP contribution in [0.4, 0.5) is 0 Å². The summed E-state index contributed by atoms with van der Waals surface area (Å²) in [5.41, 5.74) is 1.74. The minimum atomic E-state index is -0.0501. The van der Waals surface area contributed by atoms with Gasteiger partial charge in [-0.25, -0.2) is 0 Å². The van der Waals surface area contributed by atoms with Crippen LogP contribution in [0.5, 0.6) is 5.75 Å². The maximum absolute atomic E-state index is 12.1. The van der Waals surface area contributed by atoms with Crippen molar-refractivity contribution in [2.24, 2.45) is 0 Å². The summed E-state index contributed by atoms with van der Waals surface area (Å²) in [7, 11) is 1.76. The molecule has 0 atom stereocenters. The van der Waals surface area contributed by atoms with E-state index in [4.69, 9.17) is 4.74 Å². The summed E-state index contributed by atoms with van der Waals surface area (Å²) in [5.74, 6) is 0.776. The molecule has 0 fully saturated rings. The van der Waals surface area contributed by atoms with E-state index in [1.54, 1.807) is 36.5 Å². The lowest BCUT2D eigenvalue weighted by Gasteiger charge is -2.17. The second-order valence-electron chi connectivity index (χ2n) is 4.63. The van der Waals surface area contributed by atoms with Gasteiger partial charge in [0, 0.05) is 19.4 Å². The lowest BCUT2D eigenvalue weighted by atomic mass is 10.2. The van der Waals surface area contributed by atoms with Gasteiger partial charge in [-0.05, 0) is 36.8 Å². The van der Waals surface area contributed by atoms with Crippen LogP contribution in [-0.2, 0) is 0 Å². The van der Waals surface area contributed by atoms with Crippen LogP contribution in [0, 0.1) is 6.92 Å². The fourth-order valence-corrected chi connectivity index (χ4v) is 1.82. The van der Waals surface area contributed by atoms with Gasteiger partial charge in [0.05, 0.1) is 12.1 Å². The van der Waals surface area contributed by atoms with Crippen LogP contribution in [0.1, 0.15) is 15.9 Å². The van der Waals surface area contributed by atoms with Crippen molar-refractivity contribution in [2.45, 2.75) is 6.92 Å². The van der Waals surface area contributed by atoms with E-state index in [-0.39, 0.29) is 5.91 Å². The van der Waals surface area contributed by atoms with Gasteiger partial charge in [0.15, 0.2) is 0 Å². The topological polar surface area (TPSA) is 42.4 Å². The molecular weight excluding hydrogens is 252 g/mol. The Bertz CT molecular complexity index is 570. The first-order chi connectivity index (χ1) is 9.66. The summed E-state index contributed by atoms with van der Waals surface area (Å²) in [6.07, 6.45) is 3.22. The molecule has 1 aromatic heterocycles. The highest BCUT2D eigenvalue weighted by Crippen LogP contribution is 2.12. The van der Waals surface area contributed by atoms with Gasteiger partial charge in [-0.2, -0.15) is 0 Å². The first-order valence-corrected chi connectivity index (χ1v) is 6.52. The SMILES string of the molecule is Cc1cccc(OCCN(C)C(=O)c2cccnc2)c1. The molecule has 2 rings (SSSR count). The van der Waals surface area contributed by atoms with Gasteiger partial charge in [-0.3, -0.25) is 9.78 Å². The molecule has 4 heteroatoms. The predicted octanol–water partition coefficient (Wildman–Crippen LogP) is 2.54. The second kappa shape index (κ2) is 6.70. The highest BCUT2D eigenvalue weighted by atomic mass is 16.5. The molecule has 1 amide bonds. The van der Waals surface area contributed by atoms with E-state index in [2.05, 4.69) is 4.98 Å². The molecule has 4 nitrogen and oxygen atoms in total. The molecule has 0 spiro atoms. The summed E-state index contributed by atoms with van der Waals surface area (Å²) in [5, 5.41) is 0. The summed E-state index contributed by atoms with van der Waals surface area (Å²) in [6, 6.07) is 11.4. The second-order valence-corrected chi connectivity index (χ2v) is 4.63. The lowest BCUT2D eigenvalue weighted by Crippen LogP contribution is -2.30. The van der Waals surface area contributed by atoms with E-state index < -0.39 is 0 Å². The van der Waals surface area contributed by atoms with Crippen LogP contribution in [0.15, 0.2) is 48.8 Å². The van der Waals surface area contributed by atoms with Crippen molar-refractivity contribution in [3.8, 4) is 5.75 Å². The first kappa shape index (κ1) is 14.1. The van der Waals surface area contributed by atoms with Crippen LogP contribution in [-0.4, -0.2) is 36.0 Å². The number of hydrogen-bond donors (Lipinski definition) is 0. The molecule has 0 saturated heterocycles. The highest BCUT2D eigenvalue weighted by molar-refractivity contribution is 5.93. The Morgan fingerprint density at radius 3 is 2.85 bits per heavy atom. The van der Waals surface area contributed by atoms with Crippen molar-refractivity contribution >= 4 is 5.91 Å². The fraction of sp³-hybridized carbons (Fsp3) is 0.250. The molecule has 1 heterocycles. The molecule has 0 radical (unpaired) electrons. The Labute approximate surface area is 119 Å². The summed E-state index contributed by atoms with van der Waals surface area (Å²) in [4.78, 5) is 17.7. The molecule has 0 saturated carbocycles. The maximum Gasteiger partial charge on any atom is 0.255 e. The van der Waals surface area contributed by atoms with Crippen LogP contribution in [0.3, 0.4) is 0 Å². The molecule has 0 aliphatic carbocycles. The average Bonchev–Trinajstić information content (AvgIpc) is 2.47. The molecule has 0 aliphatic rings. The van der Waals surface area contributed by atoms with Gasteiger partial charge in [0.2, 0.25) is 0 Å². The number of likely N-dealkylation sites (N-methyl/N-ethyl adjacent to an activating group) is 1. The number of benzene rings is 1. The Kier molecular flexibility index (Phi) is 4.71. The van der Waals surface area contributed by atoms with Gasteiger partial charge in [0.1, 0.15) is 12.4 Å². The van der Waals surface area contributed by atoms with Gasteiger partial charge in [0.25, 0.3) is 5.91 Å². The Balaban J connectivity index is 1.83. The molecule has 20 heavy (non-hydrogen) atoms. The van der Waals surface area contributed by atoms with Crippen LogP contribution >= 0.6 is 0 Å². The van der Waals surface area contributed by atoms with Crippen molar-refractivity contribution in [1.82, 2.24) is 9.88 Å². The quantitative estimate of drug-likeness (QED) is 0.838. The van der Waals surface area contributed by atoms with Crippen molar-refractivity contribution < 1.29 is 9.53 Å². The number of aryl methyl sites for hydroxylation is 1. The number of carbonyl (C=O) groups excluding carboxylic acids is 1. The molecular formula is C16H18N2O2. The van der Waals surface area contributed by atoms with E-state index in [0.29, 0.717) is 18.7 Å². The predicted molar refractivity (Wildman–Crippen MR) is 77.9 cm³/mol. The molecule has 1 aromatic carbocycles. The summed E-state index contributed by atoms with van der Waals surface area (Å²) >= 11 is 0.